The van der Waals surface area contributed by atoms with Crippen molar-refractivity contribution in [3.8, 4) is 11.5 Å². The summed E-state index contributed by atoms with van der Waals surface area (Å²) >= 11 is 0. The van der Waals surface area contributed by atoms with Crippen LogP contribution in [0.15, 0.2) is 18.2 Å². The third-order valence-corrected chi connectivity index (χ3v) is 2.33. The van der Waals surface area contributed by atoms with E-state index in [9.17, 15) is 14.7 Å². The van der Waals surface area contributed by atoms with E-state index in [2.05, 4.69) is 5.32 Å². The van der Waals surface area contributed by atoms with Crippen molar-refractivity contribution in [3.05, 3.63) is 23.8 Å². The minimum atomic E-state index is -0.758. The van der Waals surface area contributed by atoms with Gasteiger partial charge in [0.2, 0.25) is 0 Å². The number of phenols is 1. The molecule has 0 saturated carbocycles. The Kier molecular flexibility index (Phi) is 5.66. The van der Waals surface area contributed by atoms with E-state index in [1.807, 2.05) is 6.92 Å². The Hall–Kier alpha value is -2.24. The van der Waals surface area contributed by atoms with Gasteiger partial charge in [-0.1, -0.05) is 6.92 Å². The van der Waals surface area contributed by atoms with Gasteiger partial charge in [-0.3, -0.25) is 4.79 Å². The first-order chi connectivity index (χ1) is 9.08. The molecular formula is C13H17NO5. The molecule has 0 spiro atoms. The van der Waals surface area contributed by atoms with Crippen molar-refractivity contribution in [2.45, 2.75) is 13.3 Å². The smallest absolute Gasteiger partial charge is 0.342 e. The van der Waals surface area contributed by atoms with Crippen LogP contribution in [0, 0.1) is 0 Å². The first-order valence-corrected chi connectivity index (χ1v) is 5.89. The van der Waals surface area contributed by atoms with Crippen molar-refractivity contribution in [1.29, 1.82) is 0 Å². The summed E-state index contributed by atoms with van der Waals surface area (Å²) in [6.45, 7) is 2.08. The maximum absolute atomic E-state index is 11.6. The van der Waals surface area contributed by atoms with Gasteiger partial charge in [0.15, 0.2) is 6.61 Å². The summed E-state index contributed by atoms with van der Waals surface area (Å²) in [6, 6.07) is 4.20. The molecule has 0 heterocycles. The molecular weight excluding hydrogens is 250 g/mol. The van der Waals surface area contributed by atoms with E-state index in [1.165, 1.54) is 25.3 Å². The number of hydrogen-bond acceptors (Lipinski definition) is 5. The van der Waals surface area contributed by atoms with Crippen molar-refractivity contribution in [2.75, 3.05) is 20.3 Å². The van der Waals surface area contributed by atoms with Gasteiger partial charge in [0.05, 0.1) is 7.11 Å². The number of carbonyl (C=O) groups is 2. The average Bonchev–Trinajstić information content (AvgIpc) is 2.42. The molecule has 0 fully saturated rings. The van der Waals surface area contributed by atoms with E-state index in [1.54, 1.807) is 0 Å². The normalized spacial score (nSPS) is 9.79. The second kappa shape index (κ2) is 7.25. The number of amides is 1. The fraction of sp³-hybridized carbons (Fsp3) is 0.385. The molecule has 104 valence electrons. The van der Waals surface area contributed by atoms with Crippen LogP contribution in [0.5, 0.6) is 11.5 Å². The molecule has 0 aromatic heterocycles. The summed E-state index contributed by atoms with van der Waals surface area (Å²) in [7, 11) is 1.45. The molecule has 6 nitrogen and oxygen atoms in total. The summed E-state index contributed by atoms with van der Waals surface area (Å²) in [6.07, 6.45) is 0.805. The predicted octanol–water partition coefficient (Wildman–Crippen LogP) is 1.08. The average molecular weight is 267 g/mol. The number of ether oxygens (including phenoxy) is 2. The Bertz CT molecular complexity index is 458. The number of nitrogens with one attached hydrogen (secondary N) is 1. The highest BCUT2D eigenvalue weighted by Crippen LogP contribution is 2.23. The lowest BCUT2D eigenvalue weighted by atomic mass is 10.2. The standard InChI is InChI=1S/C13H17NO5/c1-3-6-14-12(16)8-19-13(17)10-5-4-9(18-2)7-11(10)15/h4-5,7,15H,3,6,8H2,1-2H3,(H,14,16). The molecule has 0 unspecified atom stereocenters. The third-order valence-electron chi connectivity index (χ3n) is 2.33. The first kappa shape index (κ1) is 14.8. The molecule has 0 aliphatic rings. The quantitative estimate of drug-likeness (QED) is 0.753. The van der Waals surface area contributed by atoms with Gasteiger partial charge in [0, 0.05) is 12.6 Å². The van der Waals surface area contributed by atoms with Crippen molar-refractivity contribution >= 4 is 11.9 Å². The number of aromatic hydroxyl groups is 1. The Morgan fingerprint density at radius 1 is 1.37 bits per heavy atom. The highest BCUT2D eigenvalue weighted by Gasteiger charge is 2.14. The van der Waals surface area contributed by atoms with Crippen molar-refractivity contribution < 1.29 is 24.2 Å². The number of carbonyl (C=O) groups excluding carboxylic acids is 2. The van der Waals surface area contributed by atoms with Crippen molar-refractivity contribution in [2.24, 2.45) is 0 Å². The summed E-state index contributed by atoms with van der Waals surface area (Å²) in [5.74, 6) is -0.956. The topological polar surface area (TPSA) is 84.9 Å². The van der Waals surface area contributed by atoms with Crippen LogP contribution in [0.1, 0.15) is 23.7 Å². The second-order valence-electron chi connectivity index (χ2n) is 3.81. The fourth-order valence-corrected chi connectivity index (χ4v) is 1.34. The molecule has 6 heteroatoms. The van der Waals surface area contributed by atoms with Crippen LogP contribution in [0.4, 0.5) is 0 Å². The molecule has 1 amide bonds. The number of methoxy groups -OCH3 is 1. The molecule has 0 atom stereocenters. The maximum Gasteiger partial charge on any atom is 0.342 e. The van der Waals surface area contributed by atoms with Gasteiger partial charge >= 0.3 is 5.97 Å². The molecule has 2 N–H and O–H groups in total. The Labute approximate surface area is 111 Å². The molecule has 1 aromatic rings. The van der Waals surface area contributed by atoms with Crippen LogP contribution in [0.2, 0.25) is 0 Å². The van der Waals surface area contributed by atoms with E-state index in [4.69, 9.17) is 9.47 Å². The van der Waals surface area contributed by atoms with E-state index in [-0.39, 0.29) is 23.8 Å². The predicted molar refractivity (Wildman–Crippen MR) is 68.2 cm³/mol. The zero-order valence-corrected chi connectivity index (χ0v) is 10.9. The molecule has 0 aliphatic carbocycles. The summed E-state index contributed by atoms with van der Waals surface area (Å²) in [4.78, 5) is 22.9. The molecule has 1 rings (SSSR count). The highest BCUT2D eigenvalue weighted by molar-refractivity contribution is 5.94. The largest absolute Gasteiger partial charge is 0.507 e. The van der Waals surface area contributed by atoms with Gasteiger partial charge in [-0.05, 0) is 18.6 Å². The summed E-state index contributed by atoms with van der Waals surface area (Å²) in [5, 5.41) is 12.2. The van der Waals surface area contributed by atoms with Gasteiger partial charge in [0.1, 0.15) is 17.1 Å². The van der Waals surface area contributed by atoms with Crippen molar-refractivity contribution in [1.82, 2.24) is 5.32 Å². The first-order valence-electron chi connectivity index (χ1n) is 5.89. The zero-order valence-electron chi connectivity index (χ0n) is 10.9. The third kappa shape index (κ3) is 4.50. The van der Waals surface area contributed by atoms with E-state index >= 15 is 0 Å². The monoisotopic (exact) mass is 267 g/mol. The number of esters is 1. The van der Waals surface area contributed by atoms with Gasteiger partial charge in [0.25, 0.3) is 5.91 Å². The number of hydrogen-bond donors (Lipinski definition) is 2. The maximum atomic E-state index is 11.6. The Morgan fingerprint density at radius 3 is 2.68 bits per heavy atom. The Balaban J connectivity index is 2.56. The lowest BCUT2D eigenvalue weighted by Gasteiger charge is -2.07. The van der Waals surface area contributed by atoms with Crippen LogP contribution in [-0.2, 0) is 9.53 Å². The lowest BCUT2D eigenvalue weighted by molar-refractivity contribution is -0.124. The van der Waals surface area contributed by atoms with Crippen LogP contribution in [-0.4, -0.2) is 37.2 Å². The van der Waals surface area contributed by atoms with Crippen LogP contribution >= 0.6 is 0 Å². The van der Waals surface area contributed by atoms with Crippen molar-refractivity contribution in [3.63, 3.8) is 0 Å². The Morgan fingerprint density at radius 2 is 2.11 bits per heavy atom. The second-order valence-corrected chi connectivity index (χ2v) is 3.81. The van der Waals surface area contributed by atoms with E-state index < -0.39 is 5.97 Å². The molecule has 0 radical (unpaired) electrons. The highest BCUT2D eigenvalue weighted by atomic mass is 16.5. The fourth-order valence-electron chi connectivity index (χ4n) is 1.34. The zero-order chi connectivity index (χ0) is 14.3. The minimum Gasteiger partial charge on any atom is -0.507 e. The van der Waals surface area contributed by atoms with Crippen LogP contribution in [0.25, 0.3) is 0 Å². The van der Waals surface area contributed by atoms with Gasteiger partial charge in [-0.15, -0.1) is 0 Å². The molecule has 1 aromatic carbocycles. The van der Waals surface area contributed by atoms with Crippen LogP contribution < -0.4 is 10.1 Å². The molecule has 0 bridgehead atoms. The minimum absolute atomic E-state index is 0.0101. The van der Waals surface area contributed by atoms with Gasteiger partial charge < -0.3 is 19.9 Å². The summed E-state index contributed by atoms with van der Waals surface area (Å²) in [5.41, 5.74) is -0.0101. The number of rotatable bonds is 6. The summed E-state index contributed by atoms with van der Waals surface area (Å²) < 4.78 is 9.69. The number of benzene rings is 1. The van der Waals surface area contributed by atoms with Gasteiger partial charge in [-0.2, -0.15) is 0 Å². The van der Waals surface area contributed by atoms with Gasteiger partial charge in [-0.25, -0.2) is 4.79 Å². The number of phenolic OH excluding ortho intramolecular Hbond substituents is 1. The van der Waals surface area contributed by atoms with E-state index in [0.717, 1.165) is 6.42 Å². The molecule has 0 saturated heterocycles. The molecule has 0 aliphatic heterocycles. The SMILES string of the molecule is CCCNC(=O)COC(=O)c1ccc(OC)cc1O. The molecule has 19 heavy (non-hydrogen) atoms. The lowest BCUT2D eigenvalue weighted by Crippen LogP contribution is -2.29. The van der Waals surface area contributed by atoms with Crippen LogP contribution in [0.3, 0.4) is 0 Å². The van der Waals surface area contributed by atoms with E-state index in [0.29, 0.717) is 12.3 Å².